The Balaban J connectivity index is 1.67. The highest BCUT2D eigenvalue weighted by Gasteiger charge is 2.26. The van der Waals surface area contributed by atoms with Crippen molar-refractivity contribution in [3.8, 4) is 11.5 Å². The Bertz CT molecular complexity index is 1710. The molecule has 4 aromatic rings. The predicted molar refractivity (Wildman–Crippen MR) is 137 cm³/mol. The Morgan fingerprint density at radius 2 is 1.89 bits per heavy atom. The molecule has 1 aliphatic carbocycles. The second-order valence-electron chi connectivity index (χ2n) is 9.33. The van der Waals surface area contributed by atoms with Crippen molar-refractivity contribution in [3.05, 3.63) is 75.6 Å². The molecule has 0 unspecified atom stereocenters. The second-order valence-corrected chi connectivity index (χ2v) is 9.33. The van der Waals surface area contributed by atoms with Crippen molar-refractivity contribution >= 4 is 28.6 Å². The van der Waals surface area contributed by atoms with Gasteiger partial charge < -0.3 is 18.8 Å². The molecule has 2 aliphatic rings. The molecule has 1 amide bonds. The van der Waals surface area contributed by atoms with E-state index in [9.17, 15) is 14.4 Å². The van der Waals surface area contributed by atoms with E-state index in [-0.39, 0.29) is 47.0 Å². The van der Waals surface area contributed by atoms with Crippen LogP contribution in [0, 0.1) is 0 Å². The molecule has 0 N–H and O–H groups in total. The SMILES string of the molecule is CCOC(=O)c1cc2c(=O)n3ccccc3nc2n(C2CCCCC2)c1=NC(=O)c1ccc2c(c1)OCO2. The second kappa shape index (κ2) is 9.77. The van der Waals surface area contributed by atoms with Gasteiger partial charge in [-0.15, -0.1) is 0 Å². The molecule has 0 spiro atoms. The van der Waals surface area contributed by atoms with Gasteiger partial charge in [-0.3, -0.25) is 14.0 Å². The minimum Gasteiger partial charge on any atom is -0.462 e. The van der Waals surface area contributed by atoms with Crippen LogP contribution in [0.15, 0.2) is 58.4 Å². The fourth-order valence-electron chi connectivity index (χ4n) is 5.19. The van der Waals surface area contributed by atoms with Crippen LogP contribution in [-0.2, 0) is 4.74 Å². The van der Waals surface area contributed by atoms with Crippen molar-refractivity contribution in [3.63, 3.8) is 0 Å². The number of carbonyl (C=O) groups excluding carboxylic acids is 2. The van der Waals surface area contributed by atoms with Crippen LogP contribution in [0.25, 0.3) is 16.7 Å². The van der Waals surface area contributed by atoms with Crippen molar-refractivity contribution < 1.29 is 23.8 Å². The zero-order valence-electron chi connectivity index (χ0n) is 20.9. The normalized spacial score (nSPS) is 15.8. The number of aromatic nitrogens is 3. The first-order valence-corrected chi connectivity index (χ1v) is 12.8. The number of pyridine rings is 2. The average Bonchev–Trinajstić information content (AvgIpc) is 3.42. The lowest BCUT2D eigenvalue weighted by Gasteiger charge is -2.27. The topological polar surface area (TPSA) is 113 Å². The summed E-state index contributed by atoms with van der Waals surface area (Å²) < 4.78 is 19.4. The first kappa shape index (κ1) is 23.9. The van der Waals surface area contributed by atoms with Gasteiger partial charge in [0.25, 0.3) is 11.5 Å². The number of hydrogen-bond acceptors (Lipinski definition) is 7. The van der Waals surface area contributed by atoms with Crippen LogP contribution in [0.4, 0.5) is 0 Å². The van der Waals surface area contributed by atoms with Gasteiger partial charge in [-0.25, -0.2) is 9.78 Å². The summed E-state index contributed by atoms with van der Waals surface area (Å²) in [5.74, 6) is -0.214. The first-order chi connectivity index (χ1) is 18.5. The number of nitrogens with zero attached hydrogens (tertiary/aromatic N) is 4. The Hall–Kier alpha value is -4.47. The lowest BCUT2D eigenvalue weighted by Crippen LogP contribution is -2.35. The van der Waals surface area contributed by atoms with E-state index >= 15 is 0 Å². The summed E-state index contributed by atoms with van der Waals surface area (Å²) in [7, 11) is 0. The third kappa shape index (κ3) is 4.11. The molecular formula is C28H26N4O6. The largest absolute Gasteiger partial charge is 0.462 e. The molecule has 4 heterocycles. The van der Waals surface area contributed by atoms with Crippen molar-refractivity contribution in [2.24, 2.45) is 4.99 Å². The van der Waals surface area contributed by atoms with E-state index in [1.165, 1.54) is 10.5 Å². The van der Waals surface area contributed by atoms with Gasteiger partial charge in [0.1, 0.15) is 16.9 Å². The zero-order valence-corrected chi connectivity index (χ0v) is 20.9. The fraction of sp³-hybridized carbons (Fsp3) is 0.321. The molecule has 3 aromatic heterocycles. The average molecular weight is 515 g/mol. The van der Waals surface area contributed by atoms with Gasteiger partial charge >= 0.3 is 5.97 Å². The summed E-state index contributed by atoms with van der Waals surface area (Å²) >= 11 is 0. The maximum absolute atomic E-state index is 13.6. The van der Waals surface area contributed by atoms with Gasteiger partial charge in [0.05, 0.1) is 12.0 Å². The molecule has 38 heavy (non-hydrogen) atoms. The van der Waals surface area contributed by atoms with E-state index in [0.717, 1.165) is 32.1 Å². The van der Waals surface area contributed by atoms with E-state index < -0.39 is 11.9 Å². The molecule has 0 atom stereocenters. The molecule has 1 aromatic carbocycles. The van der Waals surface area contributed by atoms with E-state index in [1.54, 1.807) is 54.1 Å². The number of rotatable bonds is 4. The van der Waals surface area contributed by atoms with Crippen LogP contribution in [0.1, 0.15) is 65.8 Å². The van der Waals surface area contributed by atoms with Crippen LogP contribution >= 0.6 is 0 Å². The number of hydrogen-bond donors (Lipinski definition) is 0. The summed E-state index contributed by atoms with van der Waals surface area (Å²) in [4.78, 5) is 49.5. The highest BCUT2D eigenvalue weighted by Crippen LogP contribution is 2.33. The number of esters is 1. The third-order valence-corrected chi connectivity index (χ3v) is 7.00. The highest BCUT2D eigenvalue weighted by molar-refractivity contribution is 5.97. The van der Waals surface area contributed by atoms with E-state index in [2.05, 4.69) is 4.99 Å². The highest BCUT2D eigenvalue weighted by atomic mass is 16.7. The van der Waals surface area contributed by atoms with Crippen LogP contribution in [0.2, 0.25) is 0 Å². The number of ether oxygens (including phenoxy) is 3. The smallest absolute Gasteiger partial charge is 0.341 e. The molecule has 1 aliphatic heterocycles. The molecule has 194 valence electrons. The Morgan fingerprint density at radius 3 is 2.71 bits per heavy atom. The Kier molecular flexibility index (Phi) is 6.15. The lowest BCUT2D eigenvalue weighted by atomic mass is 9.94. The summed E-state index contributed by atoms with van der Waals surface area (Å²) in [6, 6.07) is 11.5. The molecule has 1 saturated carbocycles. The van der Waals surface area contributed by atoms with Crippen molar-refractivity contribution in [2.75, 3.05) is 13.4 Å². The maximum Gasteiger partial charge on any atom is 0.341 e. The van der Waals surface area contributed by atoms with Crippen LogP contribution < -0.4 is 20.5 Å². The van der Waals surface area contributed by atoms with Crippen molar-refractivity contribution in [1.82, 2.24) is 14.0 Å². The molecule has 10 heteroatoms. The molecular weight excluding hydrogens is 488 g/mol. The maximum atomic E-state index is 13.6. The van der Waals surface area contributed by atoms with Crippen LogP contribution in [0.5, 0.6) is 11.5 Å². The van der Waals surface area contributed by atoms with Gasteiger partial charge in [0.2, 0.25) is 6.79 Å². The fourth-order valence-corrected chi connectivity index (χ4v) is 5.19. The van der Waals surface area contributed by atoms with E-state index in [4.69, 9.17) is 19.2 Å². The van der Waals surface area contributed by atoms with Crippen LogP contribution in [0.3, 0.4) is 0 Å². The van der Waals surface area contributed by atoms with Crippen molar-refractivity contribution in [2.45, 2.75) is 45.1 Å². The molecule has 0 radical (unpaired) electrons. The summed E-state index contributed by atoms with van der Waals surface area (Å²) in [5.41, 5.74) is 1.01. The number of amides is 1. The van der Waals surface area contributed by atoms with Gasteiger partial charge in [-0.05, 0) is 56.2 Å². The number of fused-ring (bicyclic) bond motifs is 3. The zero-order chi connectivity index (χ0) is 26.2. The standard InChI is InChI=1S/C28H26N4O6/c1-2-36-28(35)20-15-19-24(29-23-10-6-7-13-31(23)27(19)34)32(18-8-4-3-5-9-18)25(20)30-26(33)17-11-12-21-22(14-17)38-16-37-21/h6-7,10-15,18H,2-5,8-9,16H2,1H3. The van der Waals surface area contributed by atoms with Gasteiger partial charge in [0.15, 0.2) is 17.0 Å². The molecule has 10 nitrogen and oxygen atoms in total. The lowest BCUT2D eigenvalue weighted by molar-refractivity contribution is 0.0523. The predicted octanol–water partition coefficient (Wildman–Crippen LogP) is 3.80. The first-order valence-electron chi connectivity index (χ1n) is 12.8. The number of benzene rings is 1. The third-order valence-electron chi connectivity index (χ3n) is 7.00. The van der Waals surface area contributed by atoms with Crippen LogP contribution in [-0.4, -0.2) is 39.2 Å². The van der Waals surface area contributed by atoms with Gasteiger partial charge in [-0.2, -0.15) is 4.99 Å². The van der Waals surface area contributed by atoms with E-state index in [1.807, 2.05) is 0 Å². The Labute approximate surface area is 217 Å². The summed E-state index contributed by atoms with van der Waals surface area (Å²) in [6.45, 7) is 1.91. The van der Waals surface area contributed by atoms with E-state index in [0.29, 0.717) is 22.8 Å². The molecule has 0 saturated heterocycles. The monoisotopic (exact) mass is 514 g/mol. The van der Waals surface area contributed by atoms with Gasteiger partial charge in [-0.1, -0.05) is 25.3 Å². The number of carbonyl (C=O) groups is 2. The quantitative estimate of drug-likeness (QED) is 0.301. The van der Waals surface area contributed by atoms with Gasteiger partial charge in [0, 0.05) is 17.8 Å². The molecule has 1 fully saturated rings. The summed E-state index contributed by atoms with van der Waals surface area (Å²) in [6.07, 6.45) is 6.30. The molecule has 0 bridgehead atoms. The molecule has 6 rings (SSSR count). The summed E-state index contributed by atoms with van der Waals surface area (Å²) in [5, 5.41) is 0.261. The minimum absolute atomic E-state index is 0.0498. The Morgan fingerprint density at radius 1 is 1.08 bits per heavy atom. The van der Waals surface area contributed by atoms with Crippen molar-refractivity contribution in [1.29, 1.82) is 0 Å². The minimum atomic E-state index is -0.659.